The minimum absolute atomic E-state index is 0.0538. The summed E-state index contributed by atoms with van der Waals surface area (Å²) in [6, 6.07) is 5.61. The zero-order valence-electron chi connectivity index (χ0n) is 15.1. The number of carbonyl (C=O) groups is 3. The molecular weight excluding hydrogens is 352 g/mol. The summed E-state index contributed by atoms with van der Waals surface area (Å²) in [6.07, 6.45) is 2.55. The van der Waals surface area contributed by atoms with Gasteiger partial charge in [0.25, 0.3) is 5.69 Å². The first-order valence-corrected chi connectivity index (χ1v) is 8.03. The second-order valence-corrected chi connectivity index (χ2v) is 5.89. The van der Waals surface area contributed by atoms with Gasteiger partial charge in [-0.05, 0) is 50.1 Å². The van der Waals surface area contributed by atoms with Crippen LogP contribution in [0.15, 0.2) is 30.3 Å². The first-order chi connectivity index (χ1) is 12.7. The molecule has 0 amide bonds. The van der Waals surface area contributed by atoms with E-state index in [9.17, 15) is 24.5 Å². The number of non-ortho nitro benzene ring substituents is 1. The van der Waals surface area contributed by atoms with Gasteiger partial charge >= 0.3 is 5.97 Å². The van der Waals surface area contributed by atoms with Gasteiger partial charge in [-0.15, -0.1) is 0 Å². The molecule has 1 heterocycles. The van der Waals surface area contributed by atoms with Gasteiger partial charge in [-0.3, -0.25) is 19.7 Å². The molecule has 0 aliphatic carbocycles. The molecule has 0 unspecified atom stereocenters. The number of aromatic nitrogens is 1. The standard InChI is InChI=1S/C19H18N2O6/c1-11-18(13(3)22)12(2)20-19(11)16(23)10-27-17(24)9-6-14-4-7-15(8-5-14)21(25)26/h4-9,20H,10H2,1-3H3/b9-6+. The Balaban J connectivity index is 1.97. The van der Waals surface area contributed by atoms with E-state index in [1.807, 2.05) is 0 Å². The molecular formula is C19H18N2O6. The number of ether oxygens (including phenoxy) is 1. The molecule has 0 aliphatic heterocycles. The highest BCUT2D eigenvalue weighted by molar-refractivity contribution is 6.04. The molecule has 0 saturated heterocycles. The zero-order valence-corrected chi connectivity index (χ0v) is 15.1. The first kappa shape index (κ1) is 19.8. The molecule has 8 heteroatoms. The summed E-state index contributed by atoms with van der Waals surface area (Å²) in [6.45, 7) is 4.30. The van der Waals surface area contributed by atoms with Crippen molar-refractivity contribution in [2.45, 2.75) is 20.8 Å². The highest BCUT2D eigenvalue weighted by Gasteiger charge is 2.20. The van der Waals surface area contributed by atoms with Gasteiger partial charge in [0.15, 0.2) is 12.4 Å². The summed E-state index contributed by atoms with van der Waals surface area (Å²) in [7, 11) is 0. The molecule has 0 fully saturated rings. The van der Waals surface area contributed by atoms with Crippen molar-refractivity contribution in [2.24, 2.45) is 0 Å². The normalized spacial score (nSPS) is 10.8. The third-order valence-corrected chi connectivity index (χ3v) is 3.93. The van der Waals surface area contributed by atoms with E-state index < -0.39 is 23.3 Å². The number of nitro groups is 1. The predicted molar refractivity (Wildman–Crippen MR) is 97.7 cm³/mol. The zero-order chi connectivity index (χ0) is 20.1. The third-order valence-electron chi connectivity index (χ3n) is 3.93. The molecule has 1 aromatic carbocycles. The molecule has 0 saturated carbocycles. The third kappa shape index (κ3) is 4.75. The van der Waals surface area contributed by atoms with E-state index in [1.165, 1.54) is 37.3 Å². The molecule has 2 aromatic rings. The van der Waals surface area contributed by atoms with Crippen molar-refractivity contribution in [3.63, 3.8) is 0 Å². The molecule has 27 heavy (non-hydrogen) atoms. The lowest BCUT2D eigenvalue weighted by Gasteiger charge is -2.02. The number of Topliss-reactive ketones (excluding diaryl/α,β-unsaturated/α-hetero) is 2. The fourth-order valence-electron chi connectivity index (χ4n) is 2.69. The Morgan fingerprint density at radius 1 is 1.19 bits per heavy atom. The van der Waals surface area contributed by atoms with Crippen LogP contribution in [-0.4, -0.2) is 34.0 Å². The van der Waals surface area contributed by atoms with E-state index in [1.54, 1.807) is 13.8 Å². The Morgan fingerprint density at radius 2 is 1.81 bits per heavy atom. The quantitative estimate of drug-likeness (QED) is 0.263. The lowest BCUT2D eigenvalue weighted by atomic mass is 10.1. The van der Waals surface area contributed by atoms with E-state index in [-0.39, 0.29) is 17.2 Å². The Hall–Kier alpha value is -3.55. The van der Waals surface area contributed by atoms with E-state index in [0.717, 1.165) is 6.08 Å². The Kier molecular flexibility index (Phi) is 6.02. The van der Waals surface area contributed by atoms with Gasteiger partial charge in [0, 0.05) is 29.5 Å². The summed E-state index contributed by atoms with van der Waals surface area (Å²) in [5.41, 5.74) is 2.34. The molecule has 1 N–H and O–H groups in total. The van der Waals surface area contributed by atoms with Gasteiger partial charge in [-0.1, -0.05) is 0 Å². The van der Waals surface area contributed by atoms with Gasteiger partial charge in [0.05, 0.1) is 10.6 Å². The highest BCUT2D eigenvalue weighted by atomic mass is 16.6. The van der Waals surface area contributed by atoms with Crippen LogP contribution >= 0.6 is 0 Å². The second-order valence-electron chi connectivity index (χ2n) is 5.89. The lowest BCUT2D eigenvalue weighted by molar-refractivity contribution is -0.384. The summed E-state index contributed by atoms with van der Waals surface area (Å²) < 4.78 is 4.92. The maximum atomic E-state index is 12.2. The van der Waals surface area contributed by atoms with Crippen LogP contribution in [0.1, 0.15) is 44.6 Å². The van der Waals surface area contributed by atoms with E-state index in [0.29, 0.717) is 22.4 Å². The SMILES string of the molecule is CC(=O)c1c(C)[nH]c(C(=O)COC(=O)/C=C/c2ccc([N+](=O)[O-])cc2)c1C. The van der Waals surface area contributed by atoms with Gasteiger partial charge in [0.2, 0.25) is 5.78 Å². The van der Waals surface area contributed by atoms with Crippen LogP contribution in [0.5, 0.6) is 0 Å². The molecule has 2 rings (SSSR count). The molecule has 1 aromatic heterocycles. The van der Waals surface area contributed by atoms with Crippen molar-refractivity contribution < 1.29 is 24.0 Å². The van der Waals surface area contributed by atoms with E-state index >= 15 is 0 Å². The molecule has 0 aliphatic rings. The monoisotopic (exact) mass is 370 g/mol. The van der Waals surface area contributed by atoms with Crippen molar-refractivity contribution in [1.82, 2.24) is 4.98 Å². The number of esters is 1. The number of benzene rings is 1. The Labute approximate surface area is 155 Å². The summed E-state index contributed by atoms with van der Waals surface area (Å²) in [5.74, 6) is -1.32. The Bertz CT molecular complexity index is 938. The number of H-pyrrole nitrogens is 1. The number of aromatic amines is 1. The summed E-state index contributed by atoms with van der Waals surface area (Å²) >= 11 is 0. The minimum Gasteiger partial charge on any atom is -0.454 e. The first-order valence-electron chi connectivity index (χ1n) is 8.03. The average molecular weight is 370 g/mol. The van der Waals surface area contributed by atoms with Crippen LogP contribution in [0.3, 0.4) is 0 Å². The molecule has 0 bridgehead atoms. The van der Waals surface area contributed by atoms with Crippen molar-refractivity contribution >= 4 is 29.3 Å². The van der Waals surface area contributed by atoms with Crippen LogP contribution in [0.25, 0.3) is 6.08 Å². The topological polar surface area (TPSA) is 119 Å². The molecule has 0 atom stereocenters. The number of nitro benzene ring substituents is 1. The second kappa shape index (κ2) is 8.22. The van der Waals surface area contributed by atoms with Gasteiger partial charge in [-0.25, -0.2) is 4.79 Å². The van der Waals surface area contributed by atoms with Crippen molar-refractivity contribution in [1.29, 1.82) is 0 Å². The minimum atomic E-state index is -0.727. The number of nitrogens with one attached hydrogen (secondary N) is 1. The fraction of sp³-hybridized carbons (Fsp3) is 0.211. The Morgan fingerprint density at radius 3 is 2.33 bits per heavy atom. The van der Waals surface area contributed by atoms with Crippen molar-refractivity contribution in [3.05, 3.63) is 68.5 Å². The number of nitrogens with zero attached hydrogens (tertiary/aromatic N) is 1. The number of rotatable bonds is 7. The van der Waals surface area contributed by atoms with E-state index in [2.05, 4.69) is 4.98 Å². The predicted octanol–water partition coefficient (Wildman–Crippen LogP) is 3.18. The molecule has 140 valence electrons. The maximum absolute atomic E-state index is 12.2. The molecule has 0 radical (unpaired) electrons. The lowest BCUT2D eigenvalue weighted by Crippen LogP contribution is -2.14. The number of carbonyl (C=O) groups excluding carboxylic acids is 3. The van der Waals surface area contributed by atoms with Crippen LogP contribution in [0.2, 0.25) is 0 Å². The summed E-state index contributed by atoms with van der Waals surface area (Å²) in [5, 5.41) is 10.6. The molecule has 8 nitrogen and oxygen atoms in total. The van der Waals surface area contributed by atoms with Crippen LogP contribution in [-0.2, 0) is 9.53 Å². The van der Waals surface area contributed by atoms with Crippen LogP contribution in [0, 0.1) is 24.0 Å². The fourth-order valence-corrected chi connectivity index (χ4v) is 2.69. The van der Waals surface area contributed by atoms with Gasteiger partial charge < -0.3 is 9.72 Å². The van der Waals surface area contributed by atoms with Crippen LogP contribution < -0.4 is 0 Å². The summed E-state index contributed by atoms with van der Waals surface area (Å²) in [4.78, 5) is 48.5. The highest BCUT2D eigenvalue weighted by Crippen LogP contribution is 2.19. The van der Waals surface area contributed by atoms with Gasteiger partial charge in [-0.2, -0.15) is 0 Å². The average Bonchev–Trinajstić information content (AvgIpc) is 2.92. The molecule has 0 spiro atoms. The number of ketones is 2. The number of hydrogen-bond acceptors (Lipinski definition) is 6. The van der Waals surface area contributed by atoms with Crippen molar-refractivity contribution in [2.75, 3.05) is 6.61 Å². The van der Waals surface area contributed by atoms with E-state index in [4.69, 9.17) is 4.74 Å². The maximum Gasteiger partial charge on any atom is 0.331 e. The van der Waals surface area contributed by atoms with Crippen molar-refractivity contribution in [3.8, 4) is 0 Å². The van der Waals surface area contributed by atoms with Crippen LogP contribution in [0.4, 0.5) is 5.69 Å². The number of hydrogen-bond donors (Lipinski definition) is 1. The smallest absolute Gasteiger partial charge is 0.331 e. The van der Waals surface area contributed by atoms with Gasteiger partial charge in [0.1, 0.15) is 0 Å². The number of aryl methyl sites for hydroxylation is 1. The largest absolute Gasteiger partial charge is 0.454 e.